The number of amides is 1. The van der Waals surface area contributed by atoms with E-state index in [9.17, 15) is 18.3 Å². The summed E-state index contributed by atoms with van der Waals surface area (Å²) < 4.78 is 43.9. The molecule has 0 bridgehead atoms. The highest BCUT2D eigenvalue weighted by Crippen LogP contribution is 2.43. The Hall–Kier alpha value is -3.63. The predicted molar refractivity (Wildman–Crippen MR) is 145 cm³/mol. The average Bonchev–Trinajstić information content (AvgIpc) is 3.26. The molecule has 0 spiro atoms. The first-order chi connectivity index (χ1) is 18.5. The Morgan fingerprint density at radius 2 is 1.87 bits per heavy atom. The molecular weight excluding hydrogens is 520 g/mol. The third kappa shape index (κ3) is 6.34. The molecule has 9 nitrogen and oxygen atoms in total. The highest BCUT2D eigenvalue weighted by atomic mass is 32.2. The summed E-state index contributed by atoms with van der Waals surface area (Å²) in [5.74, 6) is 0.891. The minimum atomic E-state index is -3.60. The number of benzene rings is 2. The van der Waals surface area contributed by atoms with E-state index in [2.05, 4.69) is 4.98 Å². The number of aryl methyl sites for hydroxylation is 1. The van der Waals surface area contributed by atoms with Crippen LogP contribution in [0.3, 0.4) is 0 Å². The van der Waals surface area contributed by atoms with Gasteiger partial charge in [-0.05, 0) is 44.5 Å². The fourth-order valence-corrected chi connectivity index (χ4v) is 6.19. The molecule has 1 aromatic heterocycles. The number of rotatable bonds is 8. The van der Waals surface area contributed by atoms with E-state index in [0.717, 1.165) is 33.7 Å². The third-order valence-electron chi connectivity index (χ3n) is 6.84. The van der Waals surface area contributed by atoms with Gasteiger partial charge in [0.15, 0.2) is 6.10 Å². The second-order valence-corrected chi connectivity index (χ2v) is 12.4. The normalized spacial score (nSPS) is 20.1. The summed E-state index contributed by atoms with van der Waals surface area (Å²) >= 11 is 0. The molecule has 1 saturated heterocycles. The van der Waals surface area contributed by atoms with Crippen molar-refractivity contribution in [3.8, 4) is 28.5 Å². The number of ether oxygens (including phenoxy) is 3. The molecule has 1 unspecified atom stereocenters. The van der Waals surface area contributed by atoms with Crippen molar-refractivity contribution in [2.45, 2.75) is 51.2 Å². The molecule has 2 aromatic carbocycles. The van der Waals surface area contributed by atoms with Gasteiger partial charge in [0.1, 0.15) is 18.1 Å². The predicted octanol–water partition coefficient (Wildman–Crippen LogP) is 4.04. The topological polar surface area (TPSA) is 124 Å². The maximum atomic E-state index is 11.9. The molecule has 5 rings (SSSR count). The van der Waals surface area contributed by atoms with Crippen LogP contribution < -0.4 is 18.9 Å². The Labute approximate surface area is 228 Å². The maximum Gasteiger partial charge on any atom is 0.235 e. The lowest BCUT2D eigenvalue weighted by Crippen LogP contribution is -2.40. The van der Waals surface area contributed by atoms with E-state index in [0.29, 0.717) is 31.3 Å². The first kappa shape index (κ1) is 27.0. The SMILES string of the molecule is Cc1nc(OCCC(C)(C)O)ccc1-c1cccc2c1OC[C@H]2Oc1ccc(C2CC(=O)NS(=O)(=O)C2)cc1. The summed E-state index contributed by atoms with van der Waals surface area (Å²) in [6.45, 7) is 6.12. The number of aliphatic hydroxyl groups is 1. The number of nitrogens with zero attached hydrogens (tertiary/aromatic N) is 1. The summed E-state index contributed by atoms with van der Waals surface area (Å²) in [6.07, 6.45) is 0.317. The summed E-state index contributed by atoms with van der Waals surface area (Å²) in [6, 6.07) is 16.9. The summed E-state index contributed by atoms with van der Waals surface area (Å²) in [4.78, 5) is 16.4. The molecule has 1 fully saturated rings. The molecular formula is C29H32N2O7S. The molecule has 2 atom stereocenters. The number of pyridine rings is 1. The van der Waals surface area contributed by atoms with E-state index < -0.39 is 21.5 Å². The van der Waals surface area contributed by atoms with Crippen molar-refractivity contribution in [1.82, 2.24) is 9.71 Å². The molecule has 3 aromatic rings. The van der Waals surface area contributed by atoms with Gasteiger partial charge in [-0.15, -0.1) is 0 Å². The lowest BCUT2D eigenvalue weighted by molar-refractivity contribution is -0.119. The summed E-state index contributed by atoms with van der Waals surface area (Å²) in [7, 11) is -3.60. The number of sulfonamides is 1. The lowest BCUT2D eigenvalue weighted by atomic mass is 9.97. The van der Waals surface area contributed by atoms with E-state index in [-0.39, 0.29) is 24.2 Å². The molecule has 2 N–H and O–H groups in total. The molecule has 39 heavy (non-hydrogen) atoms. The van der Waals surface area contributed by atoms with E-state index in [1.807, 2.05) is 54.1 Å². The third-order valence-corrected chi connectivity index (χ3v) is 8.22. The lowest BCUT2D eigenvalue weighted by Gasteiger charge is -2.22. The largest absolute Gasteiger partial charge is 0.488 e. The van der Waals surface area contributed by atoms with Crippen LogP contribution in [-0.2, 0) is 14.8 Å². The maximum absolute atomic E-state index is 11.9. The van der Waals surface area contributed by atoms with Crippen LogP contribution in [0.5, 0.6) is 17.4 Å². The van der Waals surface area contributed by atoms with Gasteiger partial charge in [0, 0.05) is 47.2 Å². The van der Waals surface area contributed by atoms with Crippen molar-refractivity contribution in [3.63, 3.8) is 0 Å². The zero-order valence-corrected chi connectivity index (χ0v) is 23.0. The van der Waals surface area contributed by atoms with Gasteiger partial charge in [-0.25, -0.2) is 13.4 Å². The Kier molecular flexibility index (Phi) is 7.26. The van der Waals surface area contributed by atoms with Gasteiger partial charge in [0.25, 0.3) is 0 Å². The van der Waals surface area contributed by atoms with E-state index in [1.54, 1.807) is 26.0 Å². The molecule has 2 aliphatic rings. The van der Waals surface area contributed by atoms with Gasteiger partial charge in [0.2, 0.25) is 21.8 Å². The minimum Gasteiger partial charge on any atom is -0.488 e. The van der Waals surface area contributed by atoms with Gasteiger partial charge in [-0.1, -0.05) is 30.3 Å². The first-order valence-corrected chi connectivity index (χ1v) is 14.5. The second kappa shape index (κ2) is 10.5. The van der Waals surface area contributed by atoms with Crippen molar-refractivity contribution in [2.75, 3.05) is 19.0 Å². The fraction of sp³-hybridized carbons (Fsp3) is 0.379. The molecule has 206 valence electrons. The monoisotopic (exact) mass is 552 g/mol. The van der Waals surface area contributed by atoms with Crippen molar-refractivity contribution < 1.29 is 32.5 Å². The number of para-hydroxylation sites is 1. The van der Waals surface area contributed by atoms with Crippen molar-refractivity contribution >= 4 is 15.9 Å². The van der Waals surface area contributed by atoms with Crippen LogP contribution in [0.25, 0.3) is 11.1 Å². The van der Waals surface area contributed by atoms with Crippen LogP contribution in [0.1, 0.15) is 55.5 Å². The Morgan fingerprint density at radius 1 is 1.10 bits per heavy atom. The number of carbonyl (C=O) groups excluding carboxylic acids is 1. The summed E-state index contributed by atoms with van der Waals surface area (Å²) in [5, 5.41) is 9.88. The Bertz CT molecular complexity index is 1480. The zero-order valence-electron chi connectivity index (χ0n) is 22.1. The van der Waals surface area contributed by atoms with Crippen LogP contribution in [0.2, 0.25) is 0 Å². The number of hydrogen-bond acceptors (Lipinski definition) is 8. The average molecular weight is 553 g/mol. The van der Waals surface area contributed by atoms with E-state index >= 15 is 0 Å². The molecule has 0 aliphatic carbocycles. The Balaban J connectivity index is 1.29. The number of carbonyl (C=O) groups is 1. The summed E-state index contributed by atoms with van der Waals surface area (Å²) in [5.41, 5.74) is 3.55. The number of fused-ring (bicyclic) bond motifs is 1. The molecule has 10 heteroatoms. The van der Waals surface area contributed by atoms with Crippen LogP contribution in [0.4, 0.5) is 0 Å². The molecule has 0 radical (unpaired) electrons. The fourth-order valence-electron chi connectivity index (χ4n) is 4.84. The van der Waals surface area contributed by atoms with Crippen LogP contribution in [0.15, 0.2) is 54.6 Å². The highest BCUT2D eigenvalue weighted by molar-refractivity contribution is 7.90. The zero-order chi connectivity index (χ0) is 27.8. The number of hydrogen-bond donors (Lipinski definition) is 2. The molecule has 2 aliphatic heterocycles. The smallest absolute Gasteiger partial charge is 0.235 e. The van der Waals surface area contributed by atoms with Crippen LogP contribution >= 0.6 is 0 Å². The van der Waals surface area contributed by atoms with Crippen molar-refractivity contribution in [1.29, 1.82) is 0 Å². The van der Waals surface area contributed by atoms with Gasteiger partial charge < -0.3 is 19.3 Å². The van der Waals surface area contributed by atoms with Crippen molar-refractivity contribution in [2.24, 2.45) is 0 Å². The van der Waals surface area contributed by atoms with Crippen LogP contribution in [-0.4, -0.2) is 49.0 Å². The standard InChI is InChI=1S/C29H32N2O7S/c1-18-22(11-12-27(30-18)36-14-13-29(2,3)33)23-5-4-6-24-25(16-37-28(23)24)38-21-9-7-19(8-10-21)20-15-26(32)31-39(34,35)17-20/h4-12,20,25,33H,13-17H2,1-3H3,(H,31,32)/t20?,25-/m1/s1. The van der Waals surface area contributed by atoms with Gasteiger partial charge in [0.05, 0.1) is 18.0 Å². The number of nitrogens with one attached hydrogen (secondary N) is 1. The molecule has 0 saturated carbocycles. The van der Waals surface area contributed by atoms with Crippen molar-refractivity contribution in [3.05, 3.63) is 71.4 Å². The van der Waals surface area contributed by atoms with Gasteiger partial charge >= 0.3 is 0 Å². The van der Waals surface area contributed by atoms with E-state index in [1.165, 1.54) is 0 Å². The van der Waals surface area contributed by atoms with Gasteiger partial charge in [-0.2, -0.15) is 0 Å². The number of aromatic nitrogens is 1. The second-order valence-electron chi connectivity index (χ2n) is 10.6. The molecule has 1 amide bonds. The van der Waals surface area contributed by atoms with Gasteiger partial charge in [-0.3, -0.25) is 9.52 Å². The minimum absolute atomic E-state index is 0.117. The first-order valence-electron chi connectivity index (χ1n) is 12.9. The van der Waals surface area contributed by atoms with Crippen LogP contribution in [0, 0.1) is 6.92 Å². The van der Waals surface area contributed by atoms with E-state index in [4.69, 9.17) is 14.2 Å². The molecule has 3 heterocycles. The quantitative estimate of drug-likeness (QED) is 0.429. The highest BCUT2D eigenvalue weighted by Gasteiger charge is 2.31. The Morgan fingerprint density at radius 3 is 2.56 bits per heavy atom.